The van der Waals surface area contributed by atoms with Crippen LogP contribution in [0.25, 0.3) is 0 Å². The van der Waals surface area contributed by atoms with Crippen molar-refractivity contribution < 1.29 is 9.59 Å². The minimum atomic E-state index is -0.499. The summed E-state index contributed by atoms with van der Waals surface area (Å²) in [7, 11) is 0. The Hall–Kier alpha value is -1.84. The lowest BCUT2D eigenvalue weighted by molar-refractivity contribution is -0.127. The highest BCUT2D eigenvalue weighted by molar-refractivity contribution is 5.86. The Balaban J connectivity index is 2.38. The Bertz CT molecular complexity index is 363. The summed E-state index contributed by atoms with van der Waals surface area (Å²) in [5.74, 6) is -0.388. The van der Waals surface area contributed by atoms with Crippen molar-refractivity contribution >= 4 is 11.8 Å². The number of nitrogens with one attached hydrogen (secondary N) is 2. The van der Waals surface area contributed by atoms with Crippen LogP contribution in [0.1, 0.15) is 19.4 Å². The van der Waals surface area contributed by atoms with Crippen LogP contribution in [0.3, 0.4) is 0 Å². The summed E-state index contributed by atoms with van der Waals surface area (Å²) in [6.07, 6.45) is 0. The fourth-order valence-corrected chi connectivity index (χ4v) is 1.31. The van der Waals surface area contributed by atoms with Gasteiger partial charge in [0.2, 0.25) is 11.8 Å². The maximum absolute atomic E-state index is 11.5. The van der Waals surface area contributed by atoms with Crippen molar-refractivity contribution in [3.8, 4) is 0 Å². The smallest absolute Gasteiger partial charge is 0.242 e. The van der Waals surface area contributed by atoms with Crippen LogP contribution >= 0.6 is 0 Å². The standard InChI is InChI=1S/C12H16N2O2/c1-9(14-10(2)15)12(16)13-8-11-6-4-3-5-7-11/h3-7,9H,8H2,1-2H3,(H,13,16)(H,14,15)/t9-/m0/s1. The summed E-state index contributed by atoms with van der Waals surface area (Å²) in [5.41, 5.74) is 1.03. The van der Waals surface area contributed by atoms with Gasteiger partial charge in [0, 0.05) is 13.5 Å². The Morgan fingerprint density at radius 1 is 1.25 bits per heavy atom. The molecule has 0 saturated heterocycles. The molecule has 2 amide bonds. The molecule has 0 aliphatic rings. The highest BCUT2D eigenvalue weighted by Gasteiger charge is 2.12. The summed E-state index contributed by atoms with van der Waals surface area (Å²) in [4.78, 5) is 22.3. The van der Waals surface area contributed by atoms with Gasteiger partial charge in [0.15, 0.2) is 0 Å². The highest BCUT2D eigenvalue weighted by Crippen LogP contribution is 1.97. The van der Waals surface area contributed by atoms with Crippen LogP contribution in [0.5, 0.6) is 0 Å². The third-order valence-electron chi connectivity index (χ3n) is 2.12. The van der Waals surface area contributed by atoms with Gasteiger partial charge >= 0.3 is 0 Å². The van der Waals surface area contributed by atoms with E-state index in [-0.39, 0.29) is 11.8 Å². The number of hydrogen-bond acceptors (Lipinski definition) is 2. The largest absolute Gasteiger partial charge is 0.350 e. The number of benzene rings is 1. The average Bonchev–Trinajstić information content (AvgIpc) is 2.26. The number of amides is 2. The summed E-state index contributed by atoms with van der Waals surface area (Å²) < 4.78 is 0. The van der Waals surface area contributed by atoms with E-state index in [0.717, 1.165) is 5.56 Å². The quantitative estimate of drug-likeness (QED) is 0.789. The summed E-state index contributed by atoms with van der Waals surface area (Å²) >= 11 is 0. The molecule has 4 nitrogen and oxygen atoms in total. The van der Waals surface area contributed by atoms with Crippen LogP contribution in [0, 0.1) is 0 Å². The molecule has 0 spiro atoms. The molecular formula is C12H16N2O2. The van der Waals surface area contributed by atoms with Crippen LogP contribution in [0.2, 0.25) is 0 Å². The first kappa shape index (κ1) is 12.2. The number of carbonyl (C=O) groups excluding carboxylic acids is 2. The summed E-state index contributed by atoms with van der Waals surface area (Å²) in [5, 5.41) is 5.28. The summed E-state index contributed by atoms with van der Waals surface area (Å²) in [6.45, 7) is 3.52. The van der Waals surface area contributed by atoms with E-state index in [4.69, 9.17) is 0 Å². The molecule has 86 valence electrons. The van der Waals surface area contributed by atoms with Gasteiger partial charge in [-0.2, -0.15) is 0 Å². The minimum Gasteiger partial charge on any atom is -0.350 e. The fraction of sp³-hybridized carbons (Fsp3) is 0.333. The van der Waals surface area contributed by atoms with E-state index in [1.807, 2.05) is 30.3 Å². The average molecular weight is 220 g/mol. The first-order valence-corrected chi connectivity index (χ1v) is 5.18. The molecule has 0 heterocycles. The van der Waals surface area contributed by atoms with Crippen molar-refractivity contribution in [2.75, 3.05) is 0 Å². The van der Waals surface area contributed by atoms with Crippen molar-refractivity contribution in [2.45, 2.75) is 26.4 Å². The molecule has 0 aliphatic heterocycles. The van der Waals surface area contributed by atoms with Gasteiger partial charge in [0.05, 0.1) is 0 Å². The molecule has 4 heteroatoms. The zero-order valence-corrected chi connectivity index (χ0v) is 9.49. The number of rotatable bonds is 4. The van der Waals surface area contributed by atoms with Gasteiger partial charge in [-0.15, -0.1) is 0 Å². The Morgan fingerprint density at radius 3 is 2.44 bits per heavy atom. The van der Waals surface area contributed by atoms with Crippen molar-refractivity contribution in [3.63, 3.8) is 0 Å². The lowest BCUT2D eigenvalue weighted by Crippen LogP contribution is -2.43. The van der Waals surface area contributed by atoms with Crippen molar-refractivity contribution in [1.29, 1.82) is 0 Å². The zero-order valence-electron chi connectivity index (χ0n) is 9.49. The van der Waals surface area contributed by atoms with Gasteiger partial charge in [-0.1, -0.05) is 30.3 Å². The molecule has 0 bridgehead atoms. The SMILES string of the molecule is CC(=O)N[C@@H](C)C(=O)NCc1ccccc1. The van der Waals surface area contributed by atoms with Crippen molar-refractivity contribution in [3.05, 3.63) is 35.9 Å². The first-order chi connectivity index (χ1) is 7.59. The first-order valence-electron chi connectivity index (χ1n) is 5.18. The minimum absolute atomic E-state index is 0.181. The molecule has 16 heavy (non-hydrogen) atoms. The number of hydrogen-bond donors (Lipinski definition) is 2. The van der Waals surface area contributed by atoms with Gasteiger partial charge in [0.25, 0.3) is 0 Å². The van der Waals surface area contributed by atoms with Gasteiger partial charge < -0.3 is 10.6 Å². The Morgan fingerprint density at radius 2 is 1.88 bits per heavy atom. The third-order valence-corrected chi connectivity index (χ3v) is 2.12. The fourth-order valence-electron chi connectivity index (χ4n) is 1.31. The second-order valence-electron chi connectivity index (χ2n) is 3.63. The van der Waals surface area contributed by atoms with Crippen LogP contribution in [-0.4, -0.2) is 17.9 Å². The predicted octanol–water partition coefficient (Wildman–Crippen LogP) is 0.827. The molecule has 1 rings (SSSR count). The molecule has 2 N–H and O–H groups in total. The van der Waals surface area contributed by atoms with E-state index < -0.39 is 6.04 Å². The molecule has 1 aromatic carbocycles. The number of carbonyl (C=O) groups is 2. The molecule has 1 atom stereocenters. The topological polar surface area (TPSA) is 58.2 Å². The highest BCUT2D eigenvalue weighted by atomic mass is 16.2. The molecule has 0 fully saturated rings. The van der Waals surface area contributed by atoms with Gasteiger partial charge in [-0.05, 0) is 12.5 Å². The predicted molar refractivity (Wildman–Crippen MR) is 61.6 cm³/mol. The van der Waals surface area contributed by atoms with E-state index in [9.17, 15) is 9.59 Å². The Kier molecular flexibility index (Phi) is 4.51. The van der Waals surface area contributed by atoms with Crippen LogP contribution in [-0.2, 0) is 16.1 Å². The molecule has 1 aromatic rings. The van der Waals surface area contributed by atoms with Crippen LogP contribution in [0.4, 0.5) is 0 Å². The second-order valence-corrected chi connectivity index (χ2v) is 3.63. The van der Waals surface area contributed by atoms with E-state index >= 15 is 0 Å². The zero-order chi connectivity index (χ0) is 12.0. The maximum Gasteiger partial charge on any atom is 0.242 e. The molecular weight excluding hydrogens is 204 g/mol. The van der Waals surface area contributed by atoms with E-state index in [0.29, 0.717) is 6.54 Å². The van der Waals surface area contributed by atoms with E-state index in [1.165, 1.54) is 6.92 Å². The van der Waals surface area contributed by atoms with Crippen LogP contribution in [0.15, 0.2) is 30.3 Å². The van der Waals surface area contributed by atoms with Gasteiger partial charge in [-0.25, -0.2) is 0 Å². The van der Waals surface area contributed by atoms with Gasteiger partial charge in [0.1, 0.15) is 6.04 Å². The molecule has 0 unspecified atom stereocenters. The monoisotopic (exact) mass is 220 g/mol. The molecule has 0 aliphatic carbocycles. The second kappa shape index (κ2) is 5.90. The van der Waals surface area contributed by atoms with Crippen molar-refractivity contribution in [2.24, 2.45) is 0 Å². The maximum atomic E-state index is 11.5. The molecule has 0 aromatic heterocycles. The lowest BCUT2D eigenvalue weighted by atomic mass is 10.2. The summed E-state index contributed by atoms with van der Waals surface area (Å²) in [6, 6.07) is 9.12. The normalized spacial score (nSPS) is 11.6. The third kappa shape index (κ3) is 4.13. The van der Waals surface area contributed by atoms with E-state index in [1.54, 1.807) is 6.92 Å². The lowest BCUT2D eigenvalue weighted by Gasteiger charge is -2.12. The van der Waals surface area contributed by atoms with Crippen molar-refractivity contribution in [1.82, 2.24) is 10.6 Å². The van der Waals surface area contributed by atoms with E-state index in [2.05, 4.69) is 10.6 Å². The van der Waals surface area contributed by atoms with Gasteiger partial charge in [-0.3, -0.25) is 9.59 Å². The Labute approximate surface area is 95.0 Å². The van der Waals surface area contributed by atoms with Crippen LogP contribution < -0.4 is 10.6 Å². The molecule has 0 saturated carbocycles. The molecule has 0 radical (unpaired) electrons.